The van der Waals surface area contributed by atoms with Gasteiger partial charge in [0.05, 0.1) is 17.6 Å². The first kappa shape index (κ1) is 24.5. The highest BCUT2D eigenvalue weighted by Gasteiger charge is 2.12. The number of rotatable bonds is 11. The molecule has 1 aromatic heterocycles. The van der Waals surface area contributed by atoms with Gasteiger partial charge in [-0.05, 0) is 61.6 Å². The van der Waals surface area contributed by atoms with Crippen molar-refractivity contribution in [1.82, 2.24) is 14.9 Å². The zero-order valence-corrected chi connectivity index (χ0v) is 21.0. The van der Waals surface area contributed by atoms with Crippen LogP contribution in [0.3, 0.4) is 0 Å². The van der Waals surface area contributed by atoms with E-state index in [1.165, 1.54) is 5.56 Å². The van der Waals surface area contributed by atoms with Crippen LogP contribution in [0.1, 0.15) is 59.9 Å². The first-order valence-electron chi connectivity index (χ1n) is 12.5. The minimum atomic E-state index is -0.0268. The fraction of sp³-hybridized carbons (Fsp3) is 0.333. The molecule has 4 aromatic rings. The maximum absolute atomic E-state index is 12.4. The Morgan fingerprint density at radius 3 is 2.63 bits per heavy atom. The van der Waals surface area contributed by atoms with Crippen molar-refractivity contribution in [2.24, 2.45) is 0 Å². The van der Waals surface area contributed by atoms with Gasteiger partial charge >= 0.3 is 0 Å². The van der Waals surface area contributed by atoms with Gasteiger partial charge in [0.25, 0.3) is 5.91 Å². The summed E-state index contributed by atoms with van der Waals surface area (Å²) < 4.78 is 8.44. The van der Waals surface area contributed by atoms with E-state index in [0.29, 0.717) is 24.6 Å². The lowest BCUT2D eigenvalue weighted by atomic mass is 10.0. The van der Waals surface area contributed by atoms with E-state index in [0.717, 1.165) is 54.0 Å². The maximum atomic E-state index is 12.4. The van der Waals surface area contributed by atoms with Crippen LogP contribution in [0, 0.1) is 6.92 Å². The Bertz CT molecular complexity index is 1280. The van der Waals surface area contributed by atoms with Crippen LogP contribution in [0.2, 0.25) is 0 Å². The number of fused-ring (bicyclic) bond motifs is 1. The topological polar surface area (TPSA) is 56.2 Å². The predicted molar refractivity (Wildman–Crippen MR) is 142 cm³/mol. The zero-order valence-electron chi connectivity index (χ0n) is 21.0. The highest BCUT2D eigenvalue weighted by molar-refractivity contribution is 5.94. The molecule has 0 bridgehead atoms. The summed E-state index contributed by atoms with van der Waals surface area (Å²) in [7, 11) is 0. The fourth-order valence-corrected chi connectivity index (χ4v) is 4.40. The number of aryl methyl sites for hydroxylation is 3. The van der Waals surface area contributed by atoms with Crippen molar-refractivity contribution in [3.05, 3.63) is 95.3 Å². The number of nitrogens with zero attached hydrogens (tertiary/aromatic N) is 2. The predicted octanol–water partition coefficient (Wildman–Crippen LogP) is 6.30. The molecule has 5 heteroatoms. The fourth-order valence-electron chi connectivity index (χ4n) is 4.40. The molecule has 0 atom stereocenters. The van der Waals surface area contributed by atoms with E-state index in [2.05, 4.69) is 60.1 Å². The molecule has 35 heavy (non-hydrogen) atoms. The molecule has 0 unspecified atom stereocenters. The Kier molecular flexibility index (Phi) is 8.19. The molecule has 0 radical (unpaired) electrons. The van der Waals surface area contributed by atoms with Crippen molar-refractivity contribution in [1.29, 1.82) is 0 Å². The molecule has 0 saturated heterocycles. The molecule has 0 aliphatic rings. The number of aromatic nitrogens is 2. The molecule has 5 nitrogen and oxygen atoms in total. The van der Waals surface area contributed by atoms with E-state index in [1.54, 1.807) is 0 Å². The number of benzene rings is 3. The molecular formula is C30H35N3O2. The standard InChI is InChI=1S/C30H35N3O2/c1-22(2)25-13-4-7-16-28(25)35-20-10-19-33-27-15-6-5-14-26(27)32-29(33)17-9-18-31-30(34)24-12-8-11-23(3)21-24/h4-8,11-16,21-22H,9-10,17-20H2,1-3H3,(H,31,34). The Hall–Kier alpha value is -3.60. The van der Waals surface area contributed by atoms with Gasteiger partial charge in [0.1, 0.15) is 11.6 Å². The second-order valence-corrected chi connectivity index (χ2v) is 9.29. The van der Waals surface area contributed by atoms with Gasteiger partial charge in [-0.25, -0.2) is 4.98 Å². The van der Waals surface area contributed by atoms with Crippen LogP contribution < -0.4 is 10.1 Å². The van der Waals surface area contributed by atoms with Gasteiger partial charge in [0.2, 0.25) is 0 Å². The first-order chi connectivity index (χ1) is 17.0. The molecule has 0 aliphatic carbocycles. The lowest BCUT2D eigenvalue weighted by Crippen LogP contribution is -2.25. The molecule has 1 heterocycles. The molecule has 0 spiro atoms. The van der Waals surface area contributed by atoms with E-state index in [9.17, 15) is 4.79 Å². The van der Waals surface area contributed by atoms with Gasteiger partial charge < -0.3 is 14.6 Å². The molecule has 1 amide bonds. The van der Waals surface area contributed by atoms with Crippen molar-refractivity contribution in [2.75, 3.05) is 13.2 Å². The van der Waals surface area contributed by atoms with Gasteiger partial charge in [0, 0.05) is 25.1 Å². The molecule has 0 fully saturated rings. The van der Waals surface area contributed by atoms with Crippen LogP contribution in [0.15, 0.2) is 72.8 Å². The summed E-state index contributed by atoms with van der Waals surface area (Å²) in [6.07, 6.45) is 2.53. The van der Waals surface area contributed by atoms with Crippen LogP contribution in [0.4, 0.5) is 0 Å². The van der Waals surface area contributed by atoms with Crippen LogP contribution >= 0.6 is 0 Å². The molecule has 3 aromatic carbocycles. The molecule has 1 N–H and O–H groups in total. The highest BCUT2D eigenvalue weighted by atomic mass is 16.5. The maximum Gasteiger partial charge on any atom is 0.251 e. The van der Waals surface area contributed by atoms with Crippen molar-refractivity contribution in [2.45, 2.75) is 52.5 Å². The summed E-state index contributed by atoms with van der Waals surface area (Å²) in [5.74, 6) is 2.43. The summed E-state index contributed by atoms with van der Waals surface area (Å²) in [4.78, 5) is 17.3. The minimum absolute atomic E-state index is 0.0268. The van der Waals surface area contributed by atoms with E-state index in [-0.39, 0.29) is 5.91 Å². The van der Waals surface area contributed by atoms with Crippen molar-refractivity contribution in [3.63, 3.8) is 0 Å². The van der Waals surface area contributed by atoms with Crippen LogP contribution in [0.5, 0.6) is 5.75 Å². The SMILES string of the molecule is Cc1cccc(C(=O)NCCCc2nc3ccccc3n2CCCOc2ccccc2C(C)C)c1. The lowest BCUT2D eigenvalue weighted by molar-refractivity contribution is 0.0953. The van der Waals surface area contributed by atoms with Gasteiger partial charge in [-0.2, -0.15) is 0 Å². The Morgan fingerprint density at radius 2 is 1.80 bits per heavy atom. The van der Waals surface area contributed by atoms with Crippen molar-refractivity contribution in [3.8, 4) is 5.75 Å². The smallest absolute Gasteiger partial charge is 0.251 e. The number of hydrogen-bond acceptors (Lipinski definition) is 3. The monoisotopic (exact) mass is 469 g/mol. The van der Waals surface area contributed by atoms with Gasteiger partial charge in [-0.3, -0.25) is 4.79 Å². The number of nitrogens with one attached hydrogen (secondary N) is 1. The number of para-hydroxylation sites is 3. The third kappa shape index (κ3) is 6.30. The normalized spacial score (nSPS) is 11.2. The summed E-state index contributed by atoms with van der Waals surface area (Å²) in [6.45, 7) is 8.49. The molecule has 0 aliphatic heterocycles. The van der Waals surface area contributed by atoms with Gasteiger partial charge in [-0.1, -0.05) is 61.9 Å². The van der Waals surface area contributed by atoms with Gasteiger partial charge in [0.15, 0.2) is 0 Å². The van der Waals surface area contributed by atoms with E-state index < -0.39 is 0 Å². The number of imidazole rings is 1. The van der Waals surface area contributed by atoms with Crippen LogP contribution in [-0.2, 0) is 13.0 Å². The van der Waals surface area contributed by atoms with E-state index in [4.69, 9.17) is 9.72 Å². The Balaban J connectivity index is 1.34. The average molecular weight is 470 g/mol. The van der Waals surface area contributed by atoms with Crippen molar-refractivity contribution < 1.29 is 9.53 Å². The summed E-state index contributed by atoms with van der Waals surface area (Å²) >= 11 is 0. The number of amides is 1. The molecule has 4 rings (SSSR count). The van der Waals surface area contributed by atoms with E-state index in [1.807, 2.05) is 43.3 Å². The zero-order chi connectivity index (χ0) is 24.6. The Morgan fingerprint density at radius 1 is 1.00 bits per heavy atom. The van der Waals surface area contributed by atoms with Gasteiger partial charge in [-0.15, -0.1) is 0 Å². The number of carbonyl (C=O) groups excluding carboxylic acids is 1. The number of ether oxygens (including phenoxy) is 1. The largest absolute Gasteiger partial charge is 0.493 e. The Labute approximate surface area is 208 Å². The minimum Gasteiger partial charge on any atom is -0.493 e. The lowest BCUT2D eigenvalue weighted by Gasteiger charge is -2.14. The second kappa shape index (κ2) is 11.7. The first-order valence-corrected chi connectivity index (χ1v) is 12.5. The quantitative estimate of drug-likeness (QED) is 0.262. The summed E-state index contributed by atoms with van der Waals surface area (Å²) in [6, 6.07) is 24.2. The molecular weight excluding hydrogens is 434 g/mol. The number of hydrogen-bond donors (Lipinski definition) is 1. The summed E-state index contributed by atoms with van der Waals surface area (Å²) in [5, 5.41) is 3.04. The average Bonchev–Trinajstić information content (AvgIpc) is 3.21. The third-order valence-corrected chi connectivity index (χ3v) is 6.20. The number of carbonyl (C=O) groups is 1. The van der Waals surface area contributed by atoms with Crippen LogP contribution in [-0.4, -0.2) is 28.6 Å². The highest BCUT2D eigenvalue weighted by Crippen LogP contribution is 2.26. The molecule has 0 saturated carbocycles. The van der Waals surface area contributed by atoms with E-state index >= 15 is 0 Å². The second-order valence-electron chi connectivity index (χ2n) is 9.29. The summed E-state index contributed by atoms with van der Waals surface area (Å²) in [5.41, 5.74) is 5.19. The van der Waals surface area contributed by atoms with Crippen LogP contribution in [0.25, 0.3) is 11.0 Å². The molecule has 182 valence electrons. The van der Waals surface area contributed by atoms with Crippen molar-refractivity contribution >= 4 is 16.9 Å². The third-order valence-electron chi connectivity index (χ3n) is 6.20.